The van der Waals surface area contributed by atoms with Gasteiger partial charge in [-0.05, 0) is 24.6 Å². The second-order valence-corrected chi connectivity index (χ2v) is 11.3. The van der Waals surface area contributed by atoms with E-state index in [-0.39, 0.29) is 19.6 Å². The summed E-state index contributed by atoms with van der Waals surface area (Å²) in [7, 11) is -0.862. The van der Waals surface area contributed by atoms with Gasteiger partial charge in [-0.15, -0.1) is 11.3 Å². The van der Waals surface area contributed by atoms with Crippen LogP contribution in [0.4, 0.5) is 4.39 Å². The number of ether oxygens (including phenoxy) is 1. The maximum Gasteiger partial charge on any atom is 0.338 e. The monoisotopic (exact) mass is 571 g/mol. The SMILES string of the molecule is CCOC(=O)C1=C2C[C@H](N(C)S(=O)(=O)NC)CN2C(c2nccs2)=N[C@H]1c1ccc(F)cc1Br. The van der Waals surface area contributed by atoms with E-state index in [1.165, 1.54) is 41.9 Å². The fourth-order valence-corrected chi connectivity index (χ4v) is 6.11. The molecular weight excluding hydrogens is 549 g/mol. The molecule has 34 heavy (non-hydrogen) atoms. The molecule has 1 saturated heterocycles. The van der Waals surface area contributed by atoms with Gasteiger partial charge in [-0.1, -0.05) is 22.0 Å². The largest absolute Gasteiger partial charge is 0.463 e. The summed E-state index contributed by atoms with van der Waals surface area (Å²) in [4.78, 5) is 24.3. The molecule has 0 bridgehead atoms. The van der Waals surface area contributed by atoms with Gasteiger partial charge in [-0.25, -0.2) is 18.9 Å². The molecule has 1 aromatic carbocycles. The fourth-order valence-electron chi connectivity index (χ4n) is 4.08. The van der Waals surface area contributed by atoms with Crippen LogP contribution >= 0.6 is 27.3 Å². The number of amidine groups is 1. The number of likely N-dealkylation sites (N-methyl/N-ethyl adjacent to an activating group) is 1. The second-order valence-electron chi connectivity index (χ2n) is 7.63. The number of aromatic nitrogens is 1. The average molecular weight is 572 g/mol. The molecule has 0 radical (unpaired) electrons. The van der Waals surface area contributed by atoms with Crippen molar-refractivity contribution in [3.63, 3.8) is 0 Å². The average Bonchev–Trinajstić information content (AvgIpc) is 3.48. The minimum Gasteiger partial charge on any atom is -0.463 e. The number of hydrogen-bond donors (Lipinski definition) is 1. The zero-order valence-corrected chi connectivity index (χ0v) is 21.9. The van der Waals surface area contributed by atoms with Crippen molar-refractivity contribution in [2.24, 2.45) is 4.99 Å². The van der Waals surface area contributed by atoms with Crippen LogP contribution in [0.5, 0.6) is 0 Å². The number of carbonyl (C=O) groups is 1. The Bertz CT molecular complexity index is 1270. The maximum atomic E-state index is 13.8. The van der Waals surface area contributed by atoms with Crippen LogP contribution < -0.4 is 4.72 Å². The molecule has 3 heterocycles. The highest BCUT2D eigenvalue weighted by Crippen LogP contribution is 2.43. The van der Waals surface area contributed by atoms with Crippen molar-refractivity contribution in [2.75, 3.05) is 27.2 Å². The summed E-state index contributed by atoms with van der Waals surface area (Å²) in [5.74, 6) is -0.454. The Kier molecular flexibility index (Phi) is 7.20. The Hall–Kier alpha value is -2.19. The number of halogens is 2. The molecule has 13 heteroatoms. The molecule has 1 N–H and O–H groups in total. The molecule has 9 nitrogen and oxygen atoms in total. The quantitative estimate of drug-likeness (QED) is 0.512. The van der Waals surface area contributed by atoms with Crippen LogP contribution in [0.3, 0.4) is 0 Å². The van der Waals surface area contributed by atoms with Crippen LogP contribution in [0.1, 0.15) is 30.0 Å². The third-order valence-corrected chi connectivity index (χ3v) is 8.79. The minimum absolute atomic E-state index is 0.160. The number of carbonyl (C=O) groups excluding carboxylic acids is 1. The Labute approximate surface area is 209 Å². The number of nitrogens with one attached hydrogen (secondary N) is 1. The minimum atomic E-state index is -3.71. The lowest BCUT2D eigenvalue weighted by molar-refractivity contribution is -0.139. The van der Waals surface area contributed by atoms with E-state index in [9.17, 15) is 17.6 Å². The van der Waals surface area contributed by atoms with Crippen molar-refractivity contribution < 1.29 is 22.3 Å². The molecule has 0 unspecified atom stereocenters. The lowest BCUT2D eigenvalue weighted by Gasteiger charge is -2.32. The Morgan fingerprint density at radius 2 is 2.21 bits per heavy atom. The van der Waals surface area contributed by atoms with Gasteiger partial charge in [-0.2, -0.15) is 12.7 Å². The summed E-state index contributed by atoms with van der Waals surface area (Å²) < 4.78 is 48.2. The second kappa shape index (κ2) is 9.82. The molecule has 2 aromatic rings. The Morgan fingerprint density at radius 3 is 2.82 bits per heavy atom. The van der Waals surface area contributed by atoms with Gasteiger partial charge in [0.1, 0.15) is 11.9 Å². The van der Waals surface area contributed by atoms with Crippen molar-refractivity contribution in [3.05, 3.63) is 61.9 Å². The first-order valence-electron chi connectivity index (χ1n) is 10.4. The van der Waals surface area contributed by atoms with E-state index < -0.39 is 34.1 Å². The highest BCUT2D eigenvalue weighted by atomic mass is 79.9. The molecule has 2 aliphatic rings. The van der Waals surface area contributed by atoms with Gasteiger partial charge in [0.05, 0.1) is 12.2 Å². The topological polar surface area (TPSA) is 104 Å². The van der Waals surface area contributed by atoms with E-state index in [0.29, 0.717) is 32.1 Å². The Morgan fingerprint density at radius 1 is 1.44 bits per heavy atom. The van der Waals surface area contributed by atoms with E-state index in [2.05, 4.69) is 25.6 Å². The standard InChI is InChI=1S/C21H23BrFN5O4S2/c1-4-32-21(29)17-16-10-13(27(3)34(30,31)24-2)11-28(16)19(20-25-7-8-33-20)26-18(17)14-6-5-12(23)9-15(14)22/h5-9,13,18,24H,4,10-11H2,1-3H3/t13-,18-/m0/s1. The highest BCUT2D eigenvalue weighted by Gasteiger charge is 2.44. The maximum absolute atomic E-state index is 13.8. The predicted octanol–water partition coefficient (Wildman–Crippen LogP) is 2.83. The van der Waals surface area contributed by atoms with E-state index >= 15 is 0 Å². The molecular formula is C21H23BrFN5O4S2. The first kappa shape index (κ1) is 24.9. The summed E-state index contributed by atoms with van der Waals surface area (Å²) in [6.07, 6.45) is 1.92. The summed E-state index contributed by atoms with van der Waals surface area (Å²) in [6, 6.07) is 2.95. The van der Waals surface area contributed by atoms with Gasteiger partial charge >= 0.3 is 5.97 Å². The van der Waals surface area contributed by atoms with E-state index in [1.54, 1.807) is 19.2 Å². The number of rotatable bonds is 7. The van der Waals surface area contributed by atoms with Gasteiger partial charge in [0.25, 0.3) is 10.2 Å². The lowest BCUT2D eigenvalue weighted by Crippen LogP contribution is -2.44. The highest BCUT2D eigenvalue weighted by molar-refractivity contribution is 9.10. The molecule has 1 fully saturated rings. The summed E-state index contributed by atoms with van der Waals surface area (Å²) in [5, 5.41) is 2.44. The molecule has 0 saturated carbocycles. The van der Waals surface area contributed by atoms with Crippen molar-refractivity contribution in [2.45, 2.75) is 25.4 Å². The molecule has 4 rings (SSSR count). The van der Waals surface area contributed by atoms with Gasteiger partial charge in [-0.3, -0.25) is 4.99 Å². The third-order valence-electron chi connectivity index (χ3n) is 5.77. The number of fused-ring (bicyclic) bond motifs is 1. The van der Waals surface area contributed by atoms with Crippen LogP contribution in [0.25, 0.3) is 0 Å². The third kappa shape index (κ3) is 4.54. The summed E-state index contributed by atoms with van der Waals surface area (Å²) in [5.41, 5.74) is 1.50. The smallest absolute Gasteiger partial charge is 0.338 e. The predicted molar refractivity (Wildman–Crippen MR) is 130 cm³/mol. The number of aliphatic imine (C=N–C) groups is 1. The van der Waals surface area contributed by atoms with Crippen LogP contribution in [-0.2, 0) is 19.7 Å². The first-order chi connectivity index (χ1) is 16.2. The number of thiazole rings is 1. The molecule has 1 aromatic heterocycles. The number of benzene rings is 1. The van der Waals surface area contributed by atoms with E-state index in [1.807, 2.05) is 10.3 Å². The molecule has 0 spiro atoms. The van der Waals surface area contributed by atoms with E-state index in [0.717, 1.165) is 0 Å². The van der Waals surface area contributed by atoms with Crippen LogP contribution in [0.15, 0.2) is 50.5 Å². The summed E-state index contributed by atoms with van der Waals surface area (Å²) in [6.45, 7) is 2.15. The van der Waals surface area contributed by atoms with Gasteiger partial charge < -0.3 is 9.64 Å². The number of hydrogen-bond acceptors (Lipinski definition) is 8. The van der Waals surface area contributed by atoms with Gasteiger partial charge in [0.2, 0.25) is 0 Å². The van der Waals surface area contributed by atoms with Crippen LogP contribution in [-0.4, -0.2) is 67.7 Å². The van der Waals surface area contributed by atoms with Gasteiger partial charge in [0, 0.05) is 54.8 Å². The van der Waals surface area contributed by atoms with Crippen molar-refractivity contribution >= 4 is 49.3 Å². The molecule has 2 aliphatic heterocycles. The number of nitrogens with zero attached hydrogens (tertiary/aromatic N) is 4. The fraction of sp³-hybridized carbons (Fsp3) is 0.381. The zero-order chi connectivity index (χ0) is 24.6. The van der Waals surface area contributed by atoms with Crippen LogP contribution in [0, 0.1) is 5.82 Å². The Balaban J connectivity index is 1.90. The summed E-state index contributed by atoms with van der Waals surface area (Å²) >= 11 is 4.79. The molecule has 0 aliphatic carbocycles. The zero-order valence-electron chi connectivity index (χ0n) is 18.7. The van der Waals surface area contributed by atoms with Gasteiger partial charge in [0.15, 0.2) is 10.8 Å². The van der Waals surface area contributed by atoms with E-state index in [4.69, 9.17) is 9.73 Å². The molecule has 0 amide bonds. The van der Waals surface area contributed by atoms with Crippen molar-refractivity contribution in [1.29, 1.82) is 0 Å². The normalized spacial score (nSPS) is 20.5. The number of esters is 1. The molecule has 182 valence electrons. The first-order valence-corrected chi connectivity index (χ1v) is 13.6. The van der Waals surface area contributed by atoms with Crippen LogP contribution in [0.2, 0.25) is 0 Å². The molecule has 2 atom stereocenters. The van der Waals surface area contributed by atoms with Crippen molar-refractivity contribution in [1.82, 2.24) is 18.9 Å². The lowest BCUT2D eigenvalue weighted by atomic mass is 9.94. The van der Waals surface area contributed by atoms with Crippen molar-refractivity contribution in [3.8, 4) is 0 Å².